The number of hydrogen-bond acceptors (Lipinski definition) is 6. The van der Waals surface area contributed by atoms with Gasteiger partial charge in [0.25, 0.3) is 5.91 Å². The third-order valence-electron chi connectivity index (χ3n) is 3.68. The number of thiazole rings is 1. The lowest BCUT2D eigenvalue weighted by Gasteiger charge is -2.01. The average Bonchev–Trinajstić information content (AvgIpc) is 3.10. The first-order valence-corrected chi connectivity index (χ1v) is 8.83. The zero-order valence-electron chi connectivity index (χ0n) is 14.1. The van der Waals surface area contributed by atoms with E-state index in [1.807, 2.05) is 30.3 Å². The number of carbonyl (C=O) groups excluding carboxylic acids is 2. The van der Waals surface area contributed by atoms with Gasteiger partial charge in [0.05, 0.1) is 7.11 Å². The maximum absolute atomic E-state index is 12.2. The van der Waals surface area contributed by atoms with E-state index >= 15 is 0 Å². The van der Waals surface area contributed by atoms with Crippen LogP contribution in [0.2, 0.25) is 0 Å². The quantitative estimate of drug-likeness (QED) is 0.676. The first-order valence-electron chi connectivity index (χ1n) is 8.01. The number of esters is 1. The fourth-order valence-corrected chi connectivity index (χ4v) is 3.34. The molecule has 3 rings (SSSR count). The van der Waals surface area contributed by atoms with E-state index < -0.39 is 5.97 Å². The fourth-order valence-electron chi connectivity index (χ4n) is 2.39. The summed E-state index contributed by atoms with van der Waals surface area (Å²) in [6.45, 7) is 0. The van der Waals surface area contributed by atoms with Gasteiger partial charge < -0.3 is 4.74 Å². The SMILES string of the molecule is COC(=O)c1nc(NC(=O)c2ccccn2)sc1CCc1ccccc1. The summed E-state index contributed by atoms with van der Waals surface area (Å²) in [4.78, 5) is 33.3. The Kier molecular flexibility index (Phi) is 5.70. The van der Waals surface area contributed by atoms with Gasteiger partial charge in [-0.2, -0.15) is 0 Å². The minimum atomic E-state index is -0.511. The molecule has 3 aromatic rings. The number of nitrogens with one attached hydrogen (secondary N) is 1. The lowest BCUT2D eigenvalue weighted by atomic mass is 10.1. The number of anilines is 1. The number of pyridine rings is 1. The summed E-state index contributed by atoms with van der Waals surface area (Å²) in [5, 5.41) is 3.05. The number of aryl methyl sites for hydroxylation is 2. The molecule has 1 amide bonds. The molecule has 132 valence electrons. The third kappa shape index (κ3) is 4.31. The summed E-state index contributed by atoms with van der Waals surface area (Å²) >= 11 is 1.27. The van der Waals surface area contributed by atoms with Crippen LogP contribution in [0.5, 0.6) is 0 Å². The summed E-state index contributed by atoms with van der Waals surface area (Å²) in [6, 6.07) is 15.0. The van der Waals surface area contributed by atoms with Crippen molar-refractivity contribution in [3.63, 3.8) is 0 Å². The topological polar surface area (TPSA) is 81.2 Å². The van der Waals surface area contributed by atoms with Crippen molar-refractivity contribution in [1.82, 2.24) is 9.97 Å². The van der Waals surface area contributed by atoms with Crippen molar-refractivity contribution < 1.29 is 14.3 Å². The molecule has 2 heterocycles. The highest BCUT2D eigenvalue weighted by atomic mass is 32.1. The van der Waals surface area contributed by atoms with Gasteiger partial charge in [-0.05, 0) is 30.5 Å². The Labute approximate surface area is 154 Å². The van der Waals surface area contributed by atoms with E-state index in [2.05, 4.69) is 15.3 Å². The molecular formula is C19H17N3O3S. The molecule has 1 aromatic carbocycles. The molecule has 1 N–H and O–H groups in total. The smallest absolute Gasteiger partial charge is 0.357 e. The molecule has 0 aliphatic rings. The molecule has 0 atom stereocenters. The Morgan fingerprint density at radius 3 is 2.54 bits per heavy atom. The Morgan fingerprint density at radius 1 is 1.08 bits per heavy atom. The van der Waals surface area contributed by atoms with E-state index in [0.717, 1.165) is 16.9 Å². The molecule has 6 nitrogen and oxygen atoms in total. The molecule has 0 bridgehead atoms. The van der Waals surface area contributed by atoms with Gasteiger partial charge in [0.2, 0.25) is 0 Å². The van der Waals surface area contributed by atoms with E-state index in [4.69, 9.17) is 4.74 Å². The molecule has 0 aliphatic heterocycles. The van der Waals surface area contributed by atoms with Gasteiger partial charge in [-0.15, -0.1) is 11.3 Å². The van der Waals surface area contributed by atoms with E-state index in [1.165, 1.54) is 18.4 Å². The van der Waals surface area contributed by atoms with Gasteiger partial charge in [0, 0.05) is 11.1 Å². The van der Waals surface area contributed by atoms with Gasteiger partial charge in [0.1, 0.15) is 5.69 Å². The number of amides is 1. The Hall–Kier alpha value is -3.06. The van der Waals surface area contributed by atoms with Gasteiger partial charge >= 0.3 is 5.97 Å². The summed E-state index contributed by atoms with van der Waals surface area (Å²) in [5.74, 6) is -0.881. The van der Waals surface area contributed by atoms with Crippen molar-refractivity contribution in [1.29, 1.82) is 0 Å². The highest BCUT2D eigenvalue weighted by Gasteiger charge is 2.20. The summed E-state index contributed by atoms with van der Waals surface area (Å²) < 4.78 is 4.81. The molecular weight excluding hydrogens is 350 g/mol. The lowest BCUT2D eigenvalue weighted by molar-refractivity contribution is 0.0593. The number of ether oxygens (including phenoxy) is 1. The highest BCUT2D eigenvalue weighted by molar-refractivity contribution is 7.16. The Morgan fingerprint density at radius 2 is 1.85 bits per heavy atom. The van der Waals surface area contributed by atoms with Crippen molar-refractivity contribution in [2.75, 3.05) is 12.4 Å². The zero-order valence-corrected chi connectivity index (χ0v) is 15.0. The van der Waals surface area contributed by atoms with Crippen LogP contribution in [0.25, 0.3) is 0 Å². The molecule has 0 unspecified atom stereocenters. The minimum absolute atomic E-state index is 0.241. The van der Waals surface area contributed by atoms with E-state index in [9.17, 15) is 9.59 Å². The van der Waals surface area contributed by atoms with Crippen LogP contribution >= 0.6 is 11.3 Å². The van der Waals surface area contributed by atoms with Gasteiger partial charge in [-0.3, -0.25) is 15.1 Å². The third-order valence-corrected chi connectivity index (χ3v) is 4.71. The van der Waals surface area contributed by atoms with E-state index in [0.29, 0.717) is 11.6 Å². The molecule has 26 heavy (non-hydrogen) atoms. The first kappa shape index (κ1) is 17.8. The first-order chi connectivity index (χ1) is 12.7. The molecule has 0 saturated carbocycles. The number of aromatic nitrogens is 2. The molecule has 2 aromatic heterocycles. The van der Waals surface area contributed by atoms with Gasteiger partial charge in [-0.1, -0.05) is 36.4 Å². The van der Waals surface area contributed by atoms with Crippen LogP contribution < -0.4 is 5.32 Å². The summed E-state index contributed by atoms with van der Waals surface area (Å²) in [7, 11) is 1.31. The molecule has 7 heteroatoms. The second-order valence-corrected chi connectivity index (χ2v) is 6.52. The lowest BCUT2D eigenvalue weighted by Crippen LogP contribution is -2.13. The predicted octanol–water partition coefficient (Wildman–Crippen LogP) is 3.36. The van der Waals surface area contributed by atoms with Crippen LogP contribution in [0.4, 0.5) is 5.13 Å². The summed E-state index contributed by atoms with van der Waals surface area (Å²) in [5.41, 5.74) is 1.69. The fraction of sp³-hybridized carbons (Fsp3) is 0.158. The van der Waals surface area contributed by atoms with E-state index in [-0.39, 0.29) is 17.3 Å². The van der Waals surface area contributed by atoms with Crippen LogP contribution in [0.1, 0.15) is 31.4 Å². The largest absolute Gasteiger partial charge is 0.464 e. The maximum atomic E-state index is 12.2. The van der Waals surface area contributed by atoms with Crippen molar-refractivity contribution in [2.24, 2.45) is 0 Å². The van der Waals surface area contributed by atoms with E-state index in [1.54, 1.807) is 24.4 Å². The standard InChI is InChI=1S/C19H17N3O3S/c1-25-18(24)16-15(11-10-13-7-3-2-4-8-13)26-19(21-16)22-17(23)14-9-5-6-12-20-14/h2-9,12H,10-11H2,1H3,(H,21,22,23). The van der Waals surface area contributed by atoms with Crippen LogP contribution in [0, 0.1) is 0 Å². The Bertz CT molecular complexity index is 895. The van der Waals surface area contributed by atoms with Crippen molar-refractivity contribution >= 4 is 28.3 Å². The van der Waals surface area contributed by atoms with Crippen molar-refractivity contribution in [2.45, 2.75) is 12.8 Å². The zero-order chi connectivity index (χ0) is 18.4. The maximum Gasteiger partial charge on any atom is 0.357 e. The minimum Gasteiger partial charge on any atom is -0.464 e. The van der Waals surface area contributed by atoms with Crippen LogP contribution in [-0.2, 0) is 17.6 Å². The molecule has 0 saturated heterocycles. The predicted molar refractivity (Wildman–Crippen MR) is 99.5 cm³/mol. The number of nitrogens with zero attached hydrogens (tertiary/aromatic N) is 2. The molecule has 0 spiro atoms. The second kappa shape index (κ2) is 8.35. The molecule has 0 radical (unpaired) electrons. The number of hydrogen-bond donors (Lipinski definition) is 1. The van der Waals surface area contributed by atoms with Crippen molar-refractivity contribution in [3.05, 3.63) is 76.6 Å². The normalized spacial score (nSPS) is 10.3. The number of methoxy groups -OCH3 is 1. The monoisotopic (exact) mass is 367 g/mol. The van der Waals surface area contributed by atoms with Crippen LogP contribution in [0.3, 0.4) is 0 Å². The number of carbonyl (C=O) groups is 2. The van der Waals surface area contributed by atoms with Crippen molar-refractivity contribution in [3.8, 4) is 0 Å². The second-order valence-electron chi connectivity index (χ2n) is 5.44. The van der Waals surface area contributed by atoms with Crippen LogP contribution in [0.15, 0.2) is 54.7 Å². The highest BCUT2D eigenvalue weighted by Crippen LogP contribution is 2.26. The number of rotatable bonds is 6. The number of benzene rings is 1. The summed E-state index contributed by atoms with van der Waals surface area (Å²) in [6.07, 6.45) is 2.94. The Balaban J connectivity index is 1.78. The van der Waals surface area contributed by atoms with Gasteiger partial charge in [-0.25, -0.2) is 9.78 Å². The average molecular weight is 367 g/mol. The molecule has 0 fully saturated rings. The molecule has 0 aliphatic carbocycles. The van der Waals surface area contributed by atoms with Gasteiger partial charge in [0.15, 0.2) is 10.8 Å². The van der Waals surface area contributed by atoms with Crippen LogP contribution in [-0.4, -0.2) is 29.0 Å².